The van der Waals surface area contributed by atoms with Crippen LogP contribution in [0.2, 0.25) is 0 Å². The number of rotatable bonds is 6. The molecule has 12 heteroatoms. The van der Waals surface area contributed by atoms with E-state index < -0.39 is 10.0 Å². The van der Waals surface area contributed by atoms with Crippen molar-refractivity contribution in [1.82, 2.24) is 30.0 Å². The first-order chi connectivity index (χ1) is 17.3. The van der Waals surface area contributed by atoms with E-state index in [1.807, 2.05) is 52.8 Å². The number of urea groups is 1. The molecule has 1 unspecified atom stereocenters. The molecule has 1 fully saturated rings. The number of aromatic nitrogens is 4. The van der Waals surface area contributed by atoms with E-state index in [4.69, 9.17) is 4.74 Å². The van der Waals surface area contributed by atoms with Gasteiger partial charge >= 0.3 is 6.03 Å². The molecule has 1 aromatic carbocycles. The van der Waals surface area contributed by atoms with Crippen LogP contribution >= 0.6 is 0 Å². The van der Waals surface area contributed by atoms with Crippen LogP contribution in [-0.4, -0.2) is 63.8 Å². The van der Waals surface area contributed by atoms with Crippen LogP contribution in [0, 0.1) is 13.8 Å². The number of carbonyl (C=O) groups excluding carboxylic acids is 1. The van der Waals surface area contributed by atoms with Crippen LogP contribution in [0.25, 0.3) is 11.3 Å². The van der Waals surface area contributed by atoms with Gasteiger partial charge in [-0.3, -0.25) is 4.68 Å². The van der Waals surface area contributed by atoms with E-state index in [0.717, 1.165) is 16.7 Å². The topological polar surface area (TPSA) is 131 Å². The molecule has 2 amide bonds. The van der Waals surface area contributed by atoms with Crippen molar-refractivity contribution in [1.29, 1.82) is 0 Å². The van der Waals surface area contributed by atoms with Crippen molar-refractivity contribution in [2.24, 2.45) is 7.05 Å². The lowest BCUT2D eigenvalue weighted by molar-refractivity contribution is 0.178. The van der Waals surface area contributed by atoms with Crippen LogP contribution in [0.15, 0.2) is 41.6 Å². The standard InChI is InChI=1S/C25H33N7O4S/c1-16-8-7-9-17(2)22(16)20-12-21(36-18-10-11-32(14-18)24(33)29-25(3,4)5)28-23(27-20)30-37(34,35)19-13-26-31(6)15-19/h7-9,12-13,15,18H,10-11,14H2,1-6H3,(H,29,33)(H,27,28,30). The number of ether oxygens (including phenoxy) is 1. The summed E-state index contributed by atoms with van der Waals surface area (Å²) in [6.07, 6.45) is 2.97. The molecule has 2 aromatic heterocycles. The molecule has 0 saturated carbocycles. The zero-order valence-electron chi connectivity index (χ0n) is 21.9. The molecule has 0 radical (unpaired) electrons. The van der Waals surface area contributed by atoms with Crippen molar-refractivity contribution in [3.63, 3.8) is 0 Å². The number of carbonyl (C=O) groups is 1. The first-order valence-corrected chi connectivity index (χ1v) is 13.5. The van der Waals surface area contributed by atoms with Crippen molar-refractivity contribution < 1.29 is 17.9 Å². The van der Waals surface area contributed by atoms with Gasteiger partial charge in [-0.25, -0.2) is 22.9 Å². The number of hydrogen-bond acceptors (Lipinski definition) is 7. The summed E-state index contributed by atoms with van der Waals surface area (Å²) in [5, 5.41) is 6.90. The maximum atomic E-state index is 12.9. The third-order valence-corrected chi connectivity index (χ3v) is 7.14. The minimum absolute atomic E-state index is 0.00478. The van der Waals surface area contributed by atoms with Crippen LogP contribution in [0.4, 0.5) is 10.7 Å². The van der Waals surface area contributed by atoms with Crippen molar-refractivity contribution in [3.8, 4) is 17.1 Å². The Balaban J connectivity index is 1.63. The van der Waals surface area contributed by atoms with Crippen LogP contribution in [-0.2, 0) is 17.1 Å². The normalized spacial score (nSPS) is 16.1. The Kier molecular flexibility index (Phi) is 7.13. The summed E-state index contributed by atoms with van der Waals surface area (Å²) >= 11 is 0. The van der Waals surface area contributed by atoms with Crippen LogP contribution < -0.4 is 14.8 Å². The molecule has 3 aromatic rings. The Bertz CT molecular complexity index is 1390. The summed E-state index contributed by atoms with van der Waals surface area (Å²) in [5.41, 5.74) is 3.02. The van der Waals surface area contributed by atoms with E-state index in [-0.39, 0.29) is 34.4 Å². The highest BCUT2D eigenvalue weighted by molar-refractivity contribution is 7.92. The predicted octanol–water partition coefficient (Wildman–Crippen LogP) is 3.26. The smallest absolute Gasteiger partial charge is 0.317 e. The average molecular weight is 528 g/mol. The van der Waals surface area contributed by atoms with Crippen molar-refractivity contribution in [2.75, 3.05) is 17.8 Å². The molecular formula is C25H33N7O4S. The third-order valence-electron chi connectivity index (χ3n) is 5.86. The number of nitrogens with zero attached hydrogens (tertiary/aromatic N) is 5. The molecule has 1 saturated heterocycles. The van der Waals surface area contributed by atoms with Gasteiger partial charge in [0.2, 0.25) is 11.8 Å². The Morgan fingerprint density at radius 3 is 2.49 bits per heavy atom. The van der Waals surface area contributed by atoms with Crippen LogP contribution in [0.1, 0.15) is 38.3 Å². The van der Waals surface area contributed by atoms with Gasteiger partial charge in [-0.1, -0.05) is 18.2 Å². The number of benzene rings is 1. The second-order valence-corrected chi connectivity index (χ2v) is 12.0. The van der Waals surface area contributed by atoms with E-state index in [0.29, 0.717) is 25.2 Å². The highest BCUT2D eigenvalue weighted by Gasteiger charge is 2.30. The third kappa shape index (κ3) is 6.37. The molecule has 198 valence electrons. The van der Waals surface area contributed by atoms with Crippen LogP contribution in [0.3, 0.4) is 0 Å². The first kappa shape index (κ1) is 26.4. The summed E-state index contributed by atoms with van der Waals surface area (Å²) in [6, 6.07) is 7.44. The SMILES string of the molecule is Cc1cccc(C)c1-c1cc(OC2CCN(C(=O)NC(C)(C)C)C2)nc(NS(=O)(=O)c2cnn(C)c2)n1. The summed E-state index contributed by atoms with van der Waals surface area (Å²) in [5.74, 6) is 0.110. The lowest BCUT2D eigenvalue weighted by Crippen LogP contribution is -2.48. The fourth-order valence-electron chi connectivity index (χ4n) is 4.17. The molecule has 0 spiro atoms. The Labute approximate surface area is 217 Å². The Hall–Kier alpha value is -3.67. The van der Waals surface area contributed by atoms with Gasteiger partial charge in [0.1, 0.15) is 11.0 Å². The van der Waals surface area contributed by atoms with Crippen molar-refractivity contribution in [2.45, 2.75) is 57.6 Å². The number of likely N-dealkylation sites (tertiary alicyclic amines) is 1. The van der Waals surface area contributed by atoms with E-state index in [1.165, 1.54) is 17.1 Å². The highest BCUT2D eigenvalue weighted by atomic mass is 32.2. The maximum Gasteiger partial charge on any atom is 0.317 e. The minimum Gasteiger partial charge on any atom is -0.472 e. The molecule has 2 N–H and O–H groups in total. The molecule has 0 bridgehead atoms. The minimum atomic E-state index is -3.97. The molecule has 1 aliphatic rings. The fraction of sp³-hybridized carbons (Fsp3) is 0.440. The predicted molar refractivity (Wildman–Crippen MR) is 140 cm³/mol. The second-order valence-electron chi connectivity index (χ2n) is 10.3. The number of amides is 2. The zero-order chi connectivity index (χ0) is 27.0. The first-order valence-electron chi connectivity index (χ1n) is 12.0. The molecule has 1 aliphatic heterocycles. The lowest BCUT2D eigenvalue weighted by Gasteiger charge is -2.25. The van der Waals surface area contributed by atoms with E-state index in [2.05, 4.69) is 25.1 Å². The summed E-state index contributed by atoms with van der Waals surface area (Å²) in [7, 11) is -2.33. The molecule has 0 aliphatic carbocycles. The molecule has 37 heavy (non-hydrogen) atoms. The summed E-state index contributed by atoms with van der Waals surface area (Å²) in [4.78, 5) is 23.1. The summed E-state index contributed by atoms with van der Waals surface area (Å²) < 4.78 is 35.9. The van der Waals surface area contributed by atoms with E-state index >= 15 is 0 Å². The molecule has 4 rings (SSSR count). The lowest BCUT2D eigenvalue weighted by atomic mass is 10.00. The number of hydrogen-bond donors (Lipinski definition) is 2. The Morgan fingerprint density at radius 2 is 1.86 bits per heavy atom. The number of aryl methyl sites for hydroxylation is 3. The van der Waals surface area contributed by atoms with Gasteiger partial charge < -0.3 is 15.0 Å². The van der Waals surface area contributed by atoms with Gasteiger partial charge in [-0.2, -0.15) is 10.1 Å². The highest BCUT2D eigenvalue weighted by Crippen LogP contribution is 2.30. The van der Waals surface area contributed by atoms with Crippen LogP contribution in [0.5, 0.6) is 5.88 Å². The van der Waals surface area contributed by atoms with Crippen molar-refractivity contribution in [3.05, 3.63) is 47.8 Å². The van der Waals surface area contributed by atoms with Gasteiger partial charge in [-0.05, 0) is 45.7 Å². The molecular weight excluding hydrogens is 494 g/mol. The summed E-state index contributed by atoms with van der Waals surface area (Å²) in [6.45, 7) is 10.7. The van der Waals surface area contributed by atoms with Crippen molar-refractivity contribution >= 4 is 22.0 Å². The monoisotopic (exact) mass is 527 g/mol. The molecule has 1 atom stereocenters. The number of nitrogens with one attached hydrogen (secondary N) is 2. The largest absolute Gasteiger partial charge is 0.472 e. The van der Waals surface area contributed by atoms with E-state index in [1.54, 1.807) is 18.0 Å². The maximum absolute atomic E-state index is 12.9. The molecule has 11 nitrogen and oxygen atoms in total. The zero-order valence-corrected chi connectivity index (χ0v) is 22.8. The van der Waals surface area contributed by atoms with Gasteiger partial charge in [0.05, 0.1) is 18.4 Å². The van der Waals surface area contributed by atoms with Gasteiger partial charge in [0.25, 0.3) is 10.0 Å². The quantitative estimate of drug-likeness (QED) is 0.503. The number of anilines is 1. The van der Waals surface area contributed by atoms with Gasteiger partial charge in [0, 0.05) is 43.4 Å². The average Bonchev–Trinajstić information content (AvgIpc) is 3.42. The van der Waals surface area contributed by atoms with Gasteiger partial charge in [0.15, 0.2) is 0 Å². The van der Waals surface area contributed by atoms with E-state index in [9.17, 15) is 13.2 Å². The number of sulfonamides is 1. The fourth-order valence-corrected chi connectivity index (χ4v) is 5.10. The van der Waals surface area contributed by atoms with Gasteiger partial charge in [-0.15, -0.1) is 0 Å². The Morgan fingerprint density at radius 1 is 1.16 bits per heavy atom. The molecule has 3 heterocycles. The second kappa shape index (κ2) is 10.0.